The molecular formula is C13H17ClFN3O. The zero-order valence-corrected chi connectivity index (χ0v) is 11.4. The summed E-state index contributed by atoms with van der Waals surface area (Å²) in [5.74, 6) is 0.00104. The van der Waals surface area contributed by atoms with Crippen LogP contribution >= 0.6 is 11.6 Å². The summed E-state index contributed by atoms with van der Waals surface area (Å²) in [5, 5.41) is 3.78. The second-order valence-electron chi connectivity index (χ2n) is 5.06. The monoisotopic (exact) mass is 285 g/mol. The third-order valence-electron chi connectivity index (χ3n) is 3.51. The van der Waals surface area contributed by atoms with Crippen LogP contribution in [0.3, 0.4) is 0 Å². The number of hydrogen-bond donors (Lipinski definition) is 1. The summed E-state index contributed by atoms with van der Waals surface area (Å²) in [6, 6.07) is 2.06. The van der Waals surface area contributed by atoms with Crippen LogP contribution in [0.15, 0.2) is 12.3 Å². The molecule has 2 fully saturated rings. The van der Waals surface area contributed by atoms with Crippen LogP contribution < -0.4 is 10.2 Å². The summed E-state index contributed by atoms with van der Waals surface area (Å²) in [5.41, 5.74) is 0. The Kier molecular flexibility index (Phi) is 3.86. The summed E-state index contributed by atoms with van der Waals surface area (Å²) in [6.07, 6.45) is 3.96. The summed E-state index contributed by atoms with van der Waals surface area (Å²) in [4.78, 5) is 6.11. The molecule has 2 aliphatic rings. The zero-order chi connectivity index (χ0) is 13.2. The van der Waals surface area contributed by atoms with E-state index in [1.54, 1.807) is 0 Å². The molecule has 0 spiro atoms. The van der Waals surface area contributed by atoms with Gasteiger partial charge in [-0.3, -0.25) is 0 Å². The number of nitrogens with zero attached hydrogens (tertiary/aromatic N) is 2. The van der Waals surface area contributed by atoms with Gasteiger partial charge in [0, 0.05) is 25.3 Å². The van der Waals surface area contributed by atoms with Crippen molar-refractivity contribution in [3.8, 4) is 0 Å². The van der Waals surface area contributed by atoms with Crippen molar-refractivity contribution in [1.82, 2.24) is 10.3 Å². The number of hydrogen-bond acceptors (Lipinski definition) is 4. The van der Waals surface area contributed by atoms with Gasteiger partial charge in [0.05, 0.1) is 24.3 Å². The van der Waals surface area contributed by atoms with E-state index in [1.165, 1.54) is 25.1 Å². The van der Waals surface area contributed by atoms with E-state index in [2.05, 4.69) is 10.3 Å². The number of halogens is 2. The summed E-state index contributed by atoms with van der Waals surface area (Å²) in [6.45, 7) is 2.66. The van der Waals surface area contributed by atoms with Crippen LogP contribution in [0.2, 0.25) is 5.02 Å². The van der Waals surface area contributed by atoms with E-state index >= 15 is 0 Å². The summed E-state index contributed by atoms with van der Waals surface area (Å²) in [7, 11) is 0. The van der Waals surface area contributed by atoms with Gasteiger partial charge in [-0.15, -0.1) is 0 Å². The van der Waals surface area contributed by atoms with Gasteiger partial charge in [0.15, 0.2) is 11.6 Å². The lowest BCUT2D eigenvalue weighted by atomic mass is 10.2. The molecule has 19 heavy (non-hydrogen) atoms. The van der Waals surface area contributed by atoms with E-state index in [4.69, 9.17) is 16.3 Å². The number of ether oxygens (including phenoxy) is 1. The zero-order valence-electron chi connectivity index (χ0n) is 10.6. The van der Waals surface area contributed by atoms with Gasteiger partial charge in [-0.1, -0.05) is 11.6 Å². The first-order valence-corrected chi connectivity index (χ1v) is 7.00. The van der Waals surface area contributed by atoms with E-state index in [0.29, 0.717) is 36.6 Å². The van der Waals surface area contributed by atoms with Crippen molar-refractivity contribution in [1.29, 1.82) is 0 Å². The highest BCUT2D eigenvalue weighted by atomic mass is 35.5. The smallest absolute Gasteiger partial charge is 0.167 e. The van der Waals surface area contributed by atoms with Gasteiger partial charge in [0.25, 0.3) is 0 Å². The predicted molar refractivity (Wildman–Crippen MR) is 72.2 cm³/mol. The standard InChI is InChI=1S/C13H17ClFN3O/c14-9-5-12(15)13(17-6-9)18-3-4-19-8-11(18)7-16-10-1-2-10/h5-6,10-11,16H,1-4,7-8H2. The van der Waals surface area contributed by atoms with Crippen molar-refractivity contribution in [2.75, 3.05) is 31.2 Å². The first-order chi connectivity index (χ1) is 9.24. The van der Waals surface area contributed by atoms with Crippen LogP contribution in [-0.4, -0.2) is 43.4 Å². The maximum absolute atomic E-state index is 14.0. The molecule has 1 N–H and O–H groups in total. The van der Waals surface area contributed by atoms with Crippen molar-refractivity contribution in [3.63, 3.8) is 0 Å². The van der Waals surface area contributed by atoms with Gasteiger partial charge in [-0.2, -0.15) is 0 Å². The molecule has 4 nitrogen and oxygen atoms in total. The molecular weight excluding hydrogens is 269 g/mol. The quantitative estimate of drug-likeness (QED) is 0.916. The second-order valence-corrected chi connectivity index (χ2v) is 5.50. The molecule has 1 unspecified atom stereocenters. The molecule has 1 atom stereocenters. The maximum Gasteiger partial charge on any atom is 0.167 e. The highest BCUT2D eigenvalue weighted by Crippen LogP contribution is 2.24. The molecule has 3 rings (SSSR count). The van der Waals surface area contributed by atoms with Crippen LogP contribution in [0.25, 0.3) is 0 Å². The number of aromatic nitrogens is 1. The first-order valence-electron chi connectivity index (χ1n) is 6.63. The molecule has 0 amide bonds. The van der Waals surface area contributed by atoms with E-state index < -0.39 is 0 Å². The molecule has 1 aliphatic heterocycles. The minimum absolute atomic E-state index is 0.123. The van der Waals surface area contributed by atoms with Gasteiger partial charge in [0.1, 0.15) is 0 Å². The molecule has 1 aromatic rings. The normalized spacial score (nSPS) is 23.7. The Balaban J connectivity index is 1.74. The van der Waals surface area contributed by atoms with Crippen LogP contribution in [-0.2, 0) is 4.74 Å². The lowest BCUT2D eigenvalue weighted by Gasteiger charge is -2.36. The fourth-order valence-corrected chi connectivity index (χ4v) is 2.46. The lowest BCUT2D eigenvalue weighted by molar-refractivity contribution is 0.0928. The lowest BCUT2D eigenvalue weighted by Crippen LogP contribution is -2.51. The van der Waals surface area contributed by atoms with Crippen LogP contribution in [0.1, 0.15) is 12.8 Å². The van der Waals surface area contributed by atoms with Crippen LogP contribution in [0, 0.1) is 5.82 Å². The highest BCUT2D eigenvalue weighted by molar-refractivity contribution is 6.30. The van der Waals surface area contributed by atoms with Crippen molar-refractivity contribution < 1.29 is 9.13 Å². The fraction of sp³-hybridized carbons (Fsp3) is 0.615. The Labute approximate surface area is 116 Å². The molecule has 104 valence electrons. The molecule has 0 bridgehead atoms. The van der Waals surface area contributed by atoms with E-state index in [1.807, 2.05) is 4.90 Å². The second kappa shape index (κ2) is 5.61. The molecule has 0 aromatic carbocycles. The summed E-state index contributed by atoms with van der Waals surface area (Å²) >= 11 is 5.75. The Morgan fingerprint density at radius 1 is 1.53 bits per heavy atom. The van der Waals surface area contributed by atoms with Gasteiger partial charge < -0.3 is 15.0 Å². The average molecular weight is 286 g/mol. The molecule has 6 heteroatoms. The molecule has 1 saturated carbocycles. The molecule has 1 saturated heterocycles. The Hall–Kier alpha value is -0.910. The van der Waals surface area contributed by atoms with Crippen molar-refractivity contribution in [2.45, 2.75) is 24.9 Å². The highest BCUT2D eigenvalue weighted by Gasteiger charge is 2.29. The first kappa shape index (κ1) is 13.1. The van der Waals surface area contributed by atoms with Crippen molar-refractivity contribution >= 4 is 17.4 Å². The largest absolute Gasteiger partial charge is 0.377 e. The van der Waals surface area contributed by atoms with E-state index in [9.17, 15) is 4.39 Å². The molecule has 2 heterocycles. The Morgan fingerprint density at radius 2 is 2.37 bits per heavy atom. The van der Waals surface area contributed by atoms with Gasteiger partial charge >= 0.3 is 0 Å². The Bertz CT molecular complexity index is 456. The van der Waals surface area contributed by atoms with Crippen LogP contribution in [0.4, 0.5) is 10.2 Å². The third kappa shape index (κ3) is 3.16. The Morgan fingerprint density at radius 3 is 3.11 bits per heavy atom. The van der Waals surface area contributed by atoms with Crippen LogP contribution in [0.5, 0.6) is 0 Å². The third-order valence-corrected chi connectivity index (χ3v) is 3.71. The topological polar surface area (TPSA) is 37.4 Å². The van der Waals surface area contributed by atoms with E-state index in [-0.39, 0.29) is 11.9 Å². The molecule has 0 radical (unpaired) electrons. The van der Waals surface area contributed by atoms with Gasteiger partial charge in [-0.25, -0.2) is 9.37 Å². The van der Waals surface area contributed by atoms with Crippen molar-refractivity contribution in [3.05, 3.63) is 23.1 Å². The van der Waals surface area contributed by atoms with Gasteiger partial charge in [0.2, 0.25) is 0 Å². The fourth-order valence-electron chi connectivity index (χ4n) is 2.31. The number of rotatable bonds is 4. The predicted octanol–water partition coefficient (Wildman–Crippen LogP) is 1.83. The minimum Gasteiger partial charge on any atom is -0.377 e. The number of morpholine rings is 1. The SMILES string of the molecule is Fc1cc(Cl)cnc1N1CCOCC1CNC1CC1. The maximum atomic E-state index is 14.0. The average Bonchev–Trinajstić information content (AvgIpc) is 3.21. The molecule has 1 aromatic heterocycles. The summed E-state index contributed by atoms with van der Waals surface area (Å²) < 4.78 is 19.5. The minimum atomic E-state index is -0.370. The van der Waals surface area contributed by atoms with Gasteiger partial charge in [-0.05, 0) is 18.9 Å². The van der Waals surface area contributed by atoms with E-state index in [0.717, 1.165) is 6.54 Å². The molecule has 1 aliphatic carbocycles. The number of anilines is 1. The number of nitrogens with one attached hydrogen (secondary N) is 1. The van der Waals surface area contributed by atoms with Crippen molar-refractivity contribution in [2.24, 2.45) is 0 Å². The number of pyridine rings is 1.